The molecule has 6 nitrogen and oxygen atoms in total. The molecule has 3 aromatic rings. The molecular formula is C23H29N5OS. The molecule has 7 heteroatoms. The number of anilines is 2. The quantitative estimate of drug-likeness (QED) is 0.543. The van der Waals surface area contributed by atoms with Crippen LogP contribution in [0.2, 0.25) is 0 Å². The van der Waals surface area contributed by atoms with Crippen molar-refractivity contribution in [1.29, 1.82) is 0 Å². The minimum absolute atomic E-state index is 0.128. The molecule has 1 fully saturated rings. The van der Waals surface area contributed by atoms with Crippen LogP contribution < -0.4 is 21.3 Å². The fourth-order valence-corrected chi connectivity index (χ4v) is 5.04. The molecule has 0 aliphatic carbocycles. The zero-order valence-electron chi connectivity index (χ0n) is 17.6. The molecule has 0 bridgehead atoms. The van der Waals surface area contributed by atoms with Crippen LogP contribution in [0.4, 0.5) is 11.4 Å². The molecule has 158 valence electrons. The van der Waals surface area contributed by atoms with Gasteiger partial charge >= 0.3 is 0 Å². The smallest absolute Gasteiger partial charge is 0.263 e. The number of benzene rings is 1. The number of carbonyl (C=O) groups excluding carboxylic acids is 1. The molecule has 1 aliphatic rings. The number of aryl methyl sites for hydroxylation is 1. The van der Waals surface area contributed by atoms with E-state index in [1.165, 1.54) is 29.0 Å². The van der Waals surface area contributed by atoms with Gasteiger partial charge in [-0.25, -0.2) is 4.98 Å². The molecule has 1 saturated heterocycles. The molecule has 0 saturated carbocycles. The Hall–Kier alpha value is -2.64. The summed E-state index contributed by atoms with van der Waals surface area (Å²) in [7, 11) is 0. The van der Waals surface area contributed by atoms with E-state index in [1.54, 1.807) is 0 Å². The van der Waals surface area contributed by atoms with Gasteiger partial charge in [0.1, 0.15) is 9.71 Å². The fourth-order valence-electron chi connectivity index (χ4n) is 3.98. The summed E-state index contributed by atoms with van der Waals surface area (Å²) in [5, 5.41) is 7.38. The van der Waals surface area contributed by atoms with Crippen LogP contribution in [0.15, 0.2) is 36.4 Å². The zero-order valence-corrected chi connectivity index (χ0v) is 18.4. The standard InChI is InChI=1S/C23H29N5OS/c1-3-25-17-11-13-28(14-17)18-7-5-16(6-8-18)10-12-26-22(29)21-20(24)19-9-4-15(2)27-23(19)30-21/h4-9,17,25H,3,10-14,24H2,1-2H3,(H,26,29)/t17-/m1/s1. The minimum atomic E-state index is -0.128. The second kappa shape index (κ2) is 9.02. The van der Waals surface area contributed by atoms with Crippen LogP contribution in [0.3, 0.4) is 0 Å². The summed E-state index contributed by atoms with van der Waals surface area (Å²) in [5.74, 6) is -0.128. The number of nitrogens with two attached hydrogens (primary N) is 1. The molecule has 1 aliphatic heterocycles. The number of likely N-dealkylation sites (N-methyl/N-ethyl adjacent to an activating group) is 1. The normalized spacial score (nSPS) is 16.3. The molecule has 1 aromatic carbocycles. The van der Waals surface area contributed by atoms with Gasteiger partial charge in [-0.3, -0.25) is 4.79 Å². The van der Waals surface area contributed by atoms with Crippen LogP contribution in [-0.4, -0.2) is 43.1 Å². The number of nitrogen functional groups attached to an aromatic ring is 1. The third-order valence-corrected chi connectivity index (χ3v) is 6.74. The van der Waals surface area contributed by atoms with Crippen molar-refractivity contribution in [3.05, 3.63) is 52.5 Å². The fraction of sp³-hybridized carbons (Fsp3) is 0.391. The summed E-state index contributed by atoms with van der Waals surface area (Å²) in [6.45, 7) is 7.84. The summed E-state index contributed by atoms with van der Waals surface area (Å²) in [4.78, 5) is 20.9. The summed E-state index contributed by atoms with van der Waals surface area (Å²) in [6.07, 6.45) is 1.98. The van der Waals surface area contributed by atoms with Crippen LogP contribution in [0.25, 0.3) is 10.2 Å². The molecule has 2 aromatic heterocycles. The van der Waals surface area contributed by atoms with Gasteiger partial charge in [-0.05, 0) is 56.1 Å². The first kappa shape index (κ1) is 20.6. The Kier molecular flexibility index (Phi) is 6.20. The van der Waals surface area contributed by atoms with Crippen molar-refractivity contribution in [2.45, 2.75) is 32.7 Å². The van der Waals surface area contributed by atoms with Crippen LogP contribution in [0.1, 0.15) is 34.3 Å². The molecule has 0 radical (unpaired) electrons. The average molecular weight is 424 g/mol. The van der Waals surface area contributed by atoms with E-state index < -0.39 is 0 Å². The highest BCUT2D eigenvalue weighted by molar-refractivity contribution is 7.21. The predicted octanol–water partition coefficient (Wildman–Crippen LogP) is 3.35. The summed E-state index contributed by atoms with van der Waals surface area (Å²) in [6, 6.07) is 13.1. The van der Waals surface area contributed by atoms with Crippen LogP contribution in [0.5, 0.6) is 0 Å². The van der Waals surface area contributed by atoms with E-state index in [-0.39, 0.29) is 5.91 Å². The van der Waals surface area contributed by atoms with Crippen molar-refractivity contribution in [2.75, 3.05) is 36.8 Å². The maximum atomic E-state index is 12.6. The Morgan fingerprint density at radius 1 is 1.27 bits per heavy atom. The molecule has 4 N–H and O–H groups in total. The molecule has 0 spiro atoms. The minimum Gasteiger partial charge on any atom is -0.397 e. The SMILES string of the molecule is CCN[C@@H]1CCN(c2ccc(CCNC(=O)c3sc4nc(C)ccc4c3N)cc2)C1. The van der Waals surface area contributed by atoms with Gasteiger partial charge in [0.15, 0.2) is 0 Å². The van der Waals surface area contributed by atoms with Gasteiger partial charge in [-0.15, -0.1) is 11.3 Å². The van der Waals surface area contributed by atoms with E-state index in [9.17, 15) is 4.79 Å². The van der Waals surface area contributed by atoms with Gasteiger partial charge in [-0.1, -0.05) is 19.1 Å². The lowest BCUT2D eigenvalue weighted by Crippen LogP contribution is -2.32. The number of aromatic nitrogens is 1. The molecule has 1 amide bonds. The number of amides is 1. The topological polar surface area (TPSA) is 83.3 Å². The number of nitrogens with one attached hydrogen (secondary N) is 2. The van der Waals surface area contributed by atoms with Gasteiger partial charge in [0.2, 0.25) is 0 Å². The number of nitrogens with zero attached hydrogens (tertiary/aromatic N) is 2. The van der Waals surface area contributed by atoms with Gasteiger partial charge in [0.05, 0.1) is 5.69 Å². The van der Waals surface area contributed by atoms with E-state index in [1.807, 2.05) is 19.1 Å². The number of thiophene rings is 1. The number of pyridine rings is 1. The molecule has 3 heterocycles. The lowest BCUT2D eigenvalue weighted by atomic mass is 10.1. The van der Waals surface area contributed by atoms with E-state index in [0.29, 0.717) is 23.2 Å². The Morgan fingerprint density at radius 2 is 2.07 bits per heavy atom. The molecule has 1 atom stereocenters. The number of rotatable bonds is 7. The van der Waals surface area contributed by atoms with Crippen LogP contribution in [0, 0.1) is 6.92 Å². The van der Waals surface area contributed by atoms with E-state index in [4.69, 9.17) is 5.73 Å². The van der Waals surface area contributed by atoms with Crippen molar-refractivity contribution in [1.82, 2.24) is 15.6 Å². The number of hydrogen-bond donors (Lipinski definition) is 3. The highest BCUT2D eigenvalue weighted by Gasteiger charge is 2.21. The van der Waals surface area contributed by atoms with Crippen molar-refractivity contribution in [3.63, 3.8) is 0 Å². The van der Waals surface area contributed by atoms with Crippen molar-refractivity contribution in [3.8, 4) is 0 Å². The Labute approximate surface area is 181 Å². The Balaban J connectivity index is 1.31. The second-order valence-electron chi connectivity index (χ2n) is 7.81. The molecule has 0 unspecified atom stereocenters. The highest BCUT2D eigenvalue weighted by atomic mass is 32.1. The monoisotopic (exact) mass is 423 g/mol. The first-order chi connectivity index (χ1) is 14.5. The van der Waals surface area contributed by atoms with E-state index in [2.05, 4.69) is 51.7 Å². The van der Waals surface area contributed by atoms with Crippen molar-refractivity contribution in [2.24, 2.45) is 0 Å². The third kappa shape index (κ3) is 4.42. The average Bonchev–Trinajstić information content (AvgIpc) is 3.33. The van der Waals surface area contributed by atoms with E-state index >= 15 is 0 Å². The van der Waals surface area contributed by atoms with Gasteiger partial charge in [0.25, 0.3) is 5.91 Å². The largest absolute Gasteiger partial charge is 0.397 e. The maximum absolute atomic E-state index is 12.6. The Morgan fingerprint density at radius 3 is 2.83 bits per heavy atom. The van der Waals surface area contributed by atoms with Crippen molar-refractivity contribution < 1.29 is 4.79 Å². The lowest BCUT2D eigenvalue weighted by molar-refractivity contribution is 0.0959. The number of fused-ring (bicyclic) bond motifs is 1. The van der Waals surface area contributed by atoms with E-state index in [0.717, 1.165) is 42.0 Å². The number of carbonyl (C=O) groups is 1. The predicted molar refractivity (Wildman–Crippen MR) is 126 cm³/mol. The first-order valence-corrected chi connectivity index (χ1v) is 11.4. The Bertz CT molecular complexity index is 1030. The second-order valence-corrected chi connectivity index (χ2v) is 8.81. The first-order valence-electron chi connectivity index (χ1n) is 10.6. The molecule has 30 heavy (non-hydrogen) atoms. The zero-order chi connectivity index (χ0) is 21.1. The third-order valence-electron chi connectivity index (χ3n) is 5.62. The molecule has 4 rings (SSSR count). The summed E-state index contributed by atoms with van der Waals surface area (Å²) in [5.41, 5.74) is 10.1. The maximum Gasteiger partial charge on any atom is 0.263 e. The highest BCUT2D eigenvalue weighted by Crippen LogP contribution is 2.32. The van der Waals surface area contributed by atoms with Crippen LogP contribution >= 0.6 is 11.3 Å². The van der Waals surface area contributed by atoms with Gasteiger partial charge < -0.3 is 21.3 Å². The lowest BCUT2D eigenvalue weighted by Gasteiger charge is -2.19. The summed E-state index contributed by atoms with van der Waals surface area (Å²) >= 11 is 1.35. The van der Waals surface area contributed by atoms with Gasteiger partial charge in [0, 0.05) is 42.4 Å². The number of hydrogen-bond acceptors (Lipinski definition) is 6. The van der Waals surface area contributed by atoms with Crippen molar-refractivity contribution >= 4 is 38.8 Å². The van der Waals surface area contributed by atoms with Gasteiger partial charge in [-0.2, -0.15) is 0 Å². The molecular weight excluding hydrogens is 394 g/mol. The summed E-state index contributed by atoms with van der Waals surface area (Å²) < 4.78 is 0. The van der Waals surface area contributed by atoms with Crippen LogP contribution in [-0.2, 0) is 6.42 Å².